The van der Waals surface area contributed by atoms with E-state index in [4.69, 9.17) is 9.26 Å². The van der Waals surface area contributed by atoms with Gasteiger partial charge in [0.1, 0.15) is 11.4 Å². The molecule has 3 heterocycles. The summed E-state index contributed by atoms with van der Waals surface area (Å²) in [6.07, 6.45) is 1.62. The Morgan fingerprint density at radius 3 is 2.43 bits per heavy atom. The van der Waals surface area contributed by atoms with Gasteiger partial charge in [-0.1, -0.05) is 62.3 Å². The number of rotatable bonds is 6. The molecule has 2 fully saturated rings. The minimum absolute atomic E-state index is 0.122. The molecular formula is C28H34FN3O3. The minimum atomic E-state index is -1.53. The van der Waals surface area contributed by atoms with Crippen molar-refractivity contribution in [2.45, 2.75) is 51.0 Å². The van der Waals surface area contributed by atoms with Crippen molar-refractivity contribution >= 4 is 0 Å². The lowest BCUT2D eigenvalue weighted by molar-refractivity contribution is -0.128. The van der Waals surface area contributed by atoms with Crippen molar-refractivity contribution in [2.24, 2.45) is 5.41 Å². The first kappa shape index (κ1) is 24.1. The molecule has 0 bridgehead atoms. The lowest BCUT2D eigenvalue weighted by atomic mass is 9.61. The molecule has 1 N–H and O–H groups in total. The summed E-state index contributed by atoms with van der Waals surface area (Å²) < 4.78 is 27.2. The number of ether oxygens (including phenoxy) is 1. The van der Waals surface area contributed by atoms with Crippen LogP contribution in [0.25, 0.3) is 11.4 Å². The monoisotopic (exact) mass is 479 g/mol. The predicted molar refractivity (Wildman–Crippen MR) is 132 cm³/mol. The Morgan fingerprint density at radius 2 is 1.80 bits per heavy atom. The largest absolute Gasteiger partial charge is 0.381 e. The van der Waals surface area contributed by atoms with Gasteiger partial charge in [-0.25, -0.2) is 4.39 Å². The maximum Gasteiger partial charge on any atom is 0.230 e. The Bertz CT molecular complexity index is 1180. The van der Waals surface area contributed by atoms with Crippen LogP contribution in [0.1, 0.15) is 68.0 Å². The highest BCUT2D eigenvalue weighted by Gasteiger charge is 2.56. The number of aliphatic hydroxyl groups is 1. The average Bonchev–Trinajstić information content (AvgIpc) is 3.33. The molecule has 186 valence electrons. The molecule has 2 aliphatic rings. The van der Waals surface area contributed by atoms with Crippen molar-refractivity contribution < 1.29 is 18.8 Å². The second-order valence-corrected chi connectivity index (χ2v) is 10.7. The fourth-order valence-electron chi connectivity index (χ4n) is 5.75. The van der Waals surface area contributed by atoms with Gasteiger partial charge in [0.15, 0.2) is 0 Å². The predicted octanol–water partition coefficient (Wildman–Crippen LogP) is 5.08. The van der Waals surface area contributed by atoms with Crippen LogP contribution in [0, 0.1) is 11.2 Å². The van der Waals surface area contributed by atoms with Crippen LogP contribution in [0.5, 0.6) is 0 Å². The van der Waals surface area contributed by atoms with Gasteiger partial charge in [-0.3, -0.25) is 0 Å². The third-order valence-corrected chi connectivity index (χ3v) is 7.75. The molecule has 35 heavy (non-hydrogen) atoms. The molecule has 1 atom stereocenters. The first-order chi connectivity index (χ1) is 16.7. The second kappa shape index (κ2) is 9.12. The van der Waals surface area contributed by atoms with E-state index in [0.717, 1.165) is 12.8 Å². The van der Waals surface area contributed by atoms with Crippen molar-refractivity contribution in [2.75, 3.05) is 33.4 Å². The third-order valence-electron chi connectivity index (χ3n) is 7.75. The van der Waals surface area contributed by atoms with Crippen molar-refractivity contribution in [1.29, 1.82) is 0 Å². The van der Waals surface area contributed by atoms with Gasteiger partial charge in [0.25, 0.3) is 0 Å². The molecule has 5 rings (SSSR count). The fourth-order valence-corrected chi connectivity index (χ4v) is 5.75. The highest BCUT2D eigenvalue weighted by molar-refractivity contribution is 5.59. The maximum absolute atomic E-state index is 16.3. The zero-order chi connectivity index (χ0) is 24.8. The zero-order valence-electron chi connectivity index (χ0n) is 20.9. The third kappa shape index (κ3) is 4.09. The van der Waals surface area contributed by atoms with Crippen LogP contribution >= 0.6 is 0 Å². The smallest absolute Gasteiger partial charge is 0.230 e. The molecule has 0 unspecified atom stereocenters. The summed E-state index contributed by atoms with van der Waals surface area (Å²) in [6.45, 7) is 8.89. The molecule has 0 saturated carbocycles. The van der Waals surface area contributed by atoms with Gasteiger partial charge < -0.3 is 19.3 Å². The lowest BCUT2D eigenvalue weighted by Crippen LogP contribution is -2.63. The topological polar surface area (TPSA) is 71.6 Å². The van der Waals surface area contributed by atoms with Crippen LogP contribution < -0.4 is 0 Å². The van der Waals surface area contributed by atoms with Gasteiger partial charge >= 0.3 is 0 Å². The van der Waals surface area contributed by atoms with E-state index in [2.05, 4.69) is 28.9 Å². The van der Waals surface area contributed by atoms with E-state index in [9.17, 15) is 5.11 Å². The van der Waals surface area contributed by atoms with Crippen molar-refractivity contribution in [1.82, 2.24) is 15.0 Å². The quantitative estimate of drug-likeness (QED) is 0.532. The Morgan fingerprint density at radius 1 is 1.11 bits per heavy atom. The van der Waals surface area contributed by atoms with E-state index >= 15 is 4.39 Å². The maximum atomic E-state index is 16.3. The minimum Gasteiger partial charge on any atom is -0.381 e. The van der Waals surface area contributed by atoms with Crippen LogP contribution in [0.3, 0.4) is 0 Å². The second-order valence-electron chi connectivity index (χ2n) is 10.7. The zero-order valence-corrected chi connectivity index (χ0v) is 20.9. The van der Waals surface area contributed by atoms with Crippen LogP contribution in [0.4, 0.5) is 4.39 Å². The normalized spacial score (nSPS) is 20.5. The summed E-state index contributed by atoms with van der Waals surface area (Å²) in [5, 5.41) is 16.5. The molecule has 6 nitrogen and oxygen atoms in total. The molecule has 2 aliphatic heterocycles. The molecule has 2 aromatic carbocycles. The highest BCUT2D eigenvalue weighted by atomic mass is 19.1. The summed E-state index contributed by atoms with van der Waals surface area (Å²) in [5.74, 6) is 0.695. The number of aromatic nitrogens is 2. The number of likely N-dealkylation sites (tertiary alicyclic amines) is 1. The Hall–Kier alpha value is -2.61. The van der Waals surface area contributed by atoms with Crippen molar-refractivity contribution in [3.63, 3.8) is 0 Å². The van der Waals surface area contributed by atoms with Gasteiger partial charge in [-0.15, -0.1) is 0 Å². The highest BCUT2D eigenvalue weighted by Crippen LogP contribution is 2.51. The van der Waals surface area contributed by atoms with Crippen LogP contribution in [-0.2, 0) is 10.3 Å². The number of hydrogen-bond donors (Lipinski definition) is 1. The van der Waals surface area contributed by atoms with E-state index in [1.165, 1.54) is 5.56 Å². The van der Waals surface area contributed by atoms with E-state index in [1.807, 2.05) is 38.2 Å². The van der Waals surface area contributed by atoms with E-state index in [0.29, 0.717) is 43.7 Å². The Labute approximate surface area is 206 Å². The molecule has 3 aromatic rings. The van der Waals surface area contributed by atoms with Crippen LogP contribution in [-0.4, -0.2) is 53.5 Å². The molecule has 0 spiro atoms. The lowest BCUT2D eigenvalue weighted by Gasteiger charge is -2.56. The van der Waals surface area contributed by atoms with Crippen molar-refractivity contribution in [3.05, 3.63) is 70.9 Å². The van der Waals surface area contributed by atoms with Crippen molar-refractivity contribution in [3.8, 4) is 11.4 Å². The summed E-state index contributed by atoms with van der Waals surface area (Å²) in [7, 11) is 2.01. The molecule has 7 heteroatoms. The molecule has 0 aliphatic carbocycles. The van der Waals surface area contributed by atoms with Gasteiger partial charge in [-0.2, -0.15) is 4.98 Å². The molecule has 2 saturated heterocycles. The van der Waals surface area contributed by atoms with Gasteiger partial charge in [0, 0.05) is 43.2 Å². The fraction of sp³-hybridized carbons (Fsp3) is 0.500. The number of hydrogen-bond acceptors (Lipinski definition) is 6. The van der Waals surface area contributed by atoms with Gasteiger partial charge in [-0.05, 0) is 43.0 Å². The first-order valence-electron chi connectivity index (χ1n) is 12.4. The van der Waals surface area contributed by atoms with E-state index in [-0.39, 0.29) is 22.9 Å². The van der Waals surface area contributed by atoms with E-state index < -0.39 is 16.8 Å². The number of halogens is 1. The molecular weight excluding hydrogens is 445 g/mol. The number of nitrogens with zero attached hydrogens (tertiary/aromatic N) is 3. The summed E-state index contributed by atoms with van der Waals surface area (Å²) in [6, 6.07) is 13.0. The summed E-state index contributed by atoms with van der Waals surface area (Å²) in [5.41, 5.74) is 0.240. The first-order valence-corrected chi connectivity index (χ1v) is 12.4. The average molecular weight is 480 g/mol. The summed E-state index contributed by atoms with van der Waals surface area (Å²) >= 11 is 0. The molecule has 0 radical (unpaired) electrons. The summed E-state index contributed by atoms with van der Waals surface area (Å²) in [4.78, 5) is 6.67. The Balaban J connectivity index is 1.58. The van der Waals surface area contributed by atoms with E-state index in [1.54, 1.807) is 18.2 Å². The standard InChI is InChI=1S/C28H34FN3O3/c1-18(2)19-8-10-21(11-9-19)28(33,27(3)16-32(4)17-27)23-7-5-6-22(24(23)29)25-30-26(35-31-25)20-12-14-34-15-13-20/h5-11,18,20,33H,12-17H2,1-4H3/t28-/m1/s1. The molecule has 0 amide bonds. The van der Waals surface area contributed by atoms with Crippen LogP contribution in [0.2, 0.25) is 0 Å². The number of benzene rings is 2. The van der Waals surface area contributed by atoms with Gasteiger partial charge in [0.05, 0.1) is 5.56 Å². The Kier molecular flexibility index (Phi) is 6.28. The van der Waals surface area contributed by atoms with Crippen LogP contribution in [0.15, 0.2) is 47.0 Å². The van der Waals surface area contributed by atoms with Gasteiger partial charge in [0.2, 0.25) is 11.7 Å². The molecule has 1 aromatic heterocycles. The SMILES string of the molecule is CC(C)c1ccc([C@@](O)(c2cccc(-c3noc(C4CCOCC4)n3)c2F)C2(C)CN(C)C2)cc1.